The predicted octanol–water partition coefficient (Wildman–Crippen LogP) is 1.48. The number of nitrogens with zero attached hydrogens (tertiary/aromatic N) is 1. The normalized spacial score (nSPS) is 20.8. The number of benzene rings is 1. The van der Waals surface area contributed by atoms with E-state index in [9.17, 15) is 21.2 Å². The SMILES string of the molecule is CS(=O)(=O)c1ccc(F)c(S(=O)(=O)N2CCC(CCl)C2)c1. The molecule has 0 amide bonds. The molecule has 1 aliphatic rings. The second-order valence-corrected chi connectivity index (χ2v) is 9.27. The van der Waals surface area contributed by atoms with E-state index < -0.39 is 30.6 Å². The molecule has 1 heterocycles. The van der Waals surface area contributed by atoms with Crippen molar-refractivity contribution < 1.29 is 21.2 Å². The zero-order chi connectivity index (χ0) is 15.8. The lowest BCUT2D eigenvalue weighted by Crippen LogP contribution is -2.30. The fourth-order valence-electron chi connectivity index (χ4n) is 2.19. The number of sulfone groups is 1. The van der Waals surface area contributed by atoms with Gasteiger partial charge >= 0.3 is 0 Å². The Morgan fingerprint density at radius 2 is 2.00 bits per heavy atom. The van der Waals surface area contributed by atoms with Gasteiger partial charge in [-0.1, -0.05) is 0 Å². The van der Waals surface area contributed by atoms with Crippen molar-refractivity contribution in [2.24, 2.45) is 5.92 Å². The Hall–Kier alpha value is -0.700. The molecule has 1 atom stereocenters. The molecule has 0 bridgehead atoms. The van der Waals surface area contributed by atoms with Crippen LogP contribution in [0.5, 0.6) is 0 Å². The monoisotopic (exact) mass is 355 g/mol. The average Bonchev–Trinajstić information content (AvgIpc) is 2.87. The van der Waals surface area contributed by atoms with Crippen LogP contribution in [-0.2, 0) is 19.9 Å². The minimum absolute atomic E-state index is 0.0302. The molecule has 0 aliphatic carbocycles. The predicted molar refractivity (Wildman–Crippen MR) is 77.1 cm³/mol. The molecule has 21 heavy (non-hydrogen) atoms. The number of sulfonamides is 1. The molecule has 1 aromatic rings. The molecule has 1 saturated heterocycles. The molecule has 0 aromatic heterocycles. The highest BCUT2D eigenvalue weighted by molar-refractivity contribution is 7.91. The van der Waals surface area contributed by atoms with Gasteiger partial charge in [0.1, 0.15) is 10.7 Å². The zero-order valence-electron chi connectivity index (χ0n) is 11.3. The van der Waals surface area contributed by atoms with E-state index in [1.165, 1.54) is 0 Å². The lowest BCUT2D eigenvalue weighted by atomic mass is 10.2. The molecule has 1 fully saturated rings. The van der Waals surface area contributed by atoms with E-state index in [1.54, 1.807) is 0 Å². The summed E-state index contributed by atoms with van der Waals surface area (Å²) in [4.78, 5) is -0.837. The van der Waals surface area contributed by atoms with Crippen LogP contribution in [0, 0.1) is 11.7 Å². The quantitative estimate of drug-likeness (QED) is 0.606. The van der Waals surface area contributed by atoms with E-state index in [0.717, 1.165) is 28.8 Å². The highest BCUT2D eigenvalue weighted by Crippen LogP contribution is 2.28. The van der Waals surface area contributed by atoms with Gasteiger partial charge in [-0.05, 0) is 30.5 Å². The van der Waals surface area contributed by atoms with E-state index in [1.807, 2.05) is 0 Å². The van der Waals surface area contributed by atoms with Crippen molar-refractivity contribution in [1.82, 2.24) is 4.31 Å². The van der Waals surface area contributed by atoms with Crippen molar-refractivity contribution >= 4 is 31.5 Å². The number of halogens is 2. The highest BCUT2D eigenvalue weighted by atomic mass is 35.5. The van der Waals surface area contributed by atoms with Crippen LogP contribution in [0.4, 0.5) is 4.39 Å². The summed E-state index contributed by atoms with van der Waals surface area (Å²) >= 11 is 5.71. The standard InChI is InChI=1S/C12H15ClFNO4S2/c1-20(16,17)10-2-3-11(14)12(6-10)21(18,19)15-5-4-9(7-13)8-15/h2-3,6,9H,4-5,7-8H2,1H3. The van der Waals surface area contributed by atoms with E-state index >= 15 is 0 Å². The van der Waals surface area contributed by atoms with Gasteiger partial charge in [-0.15, -0.1) is 11.6 Å². The highest BCUT2D eigenvalue weighted by Gasteiger charge is 2.34. The topological polar surface area (TPSA) is 71.5 Å². The van der Waals surface area contributed by atoms with Gasteiger partial charge in [0.15, 0.2) is 9.84 Å². The van der Waals surface area contributed by atoms with Gasteiger partial charge in [0.05, 0.1) is 4.90 Å². The summed E-state index contributed by atoms with van der Waals surface area (Å²) in [7, 11) is -7.67. The average molecular weight is 356 g/mol. The van der Waals surface area contributed by atoms with E-state index in [0.29, 0.717) is 12.3 Å². The van der Waals surface area contributed by atoms with Crippen molar-refractivity contribution in [1.29, 1.82) is 0 Å². The summed E-state index contributed by atoms with van der Waals surface area (Å²) in [5.74, 6) is -0.600. The van der Waals surface area contributed by atoms with Gasteiger partial charge in [-0.25, -0.2) is 21.2 Å². The molecule has 0 radical (unpaired) electrons. The first-order valence-electron chi connectivity index (χ1n) is 6.22. The maximum absolute atomic E-state index is 13.9. The van der Waals surface area contributed by atoms with Crippen LogP contribution >= 0.6 is 11.6 Å². The first kappa shape index (κ1) is 16.7. The van der Waals surface area contributed by atoms with Crippen molar-refractivity contribution in [3.63, 3.8) is 0 Å². The van der Waals surface area contributed by atoms with Gasteiger partial charge in [0.2, 0.25) is 10.0 Å². The van der Waals surface area contributed by atoms with Crippen molar-refractivity contribution in [3.8, 4) is 0 Å². The second kappa shape index (κ2) is 5.83. The smallest absolute Gasteiger partial charge is 0.224 e. The molecular formula is C12H15ClFNO4S2. The molecule has 0 spiro atoms. The summed E-state index contributed by atoms with van der Waals surface area (Å²) in [6.45, 7) is 0.469. The maximum atomic E-state index is 13.9. The number of rotatable bonds is 4. The van der Waals surface area contributed by atoms with Crippen LogP contribution in [0.3, 0.4) is 0 Å². The van der Waals surface area contributed by atoms with Crippen LogP contribution in [0.15, 0.2) is 28.0 Å². The minimum atomic E-state index is -4.06. The summed E-state index contributed by atoms with van der Waals surface area (Å²) in [5, 5.41) is 0. The number of hydrogen-bond acceptors (Lipinski definition) is 4. The molecular weight excluding hydrogens is 341 g/mol. The molecule has 5 nitrogen and oxygen atoms in total. The third kappa shape index (κ3) is 3.39. The molecule has 118 valence electrons. The van der Waals surface area contributed by atoms with Crippen LogP contribution in [0.1, 0.15) is 6.42 Å². The Kier molecular flexibility index (Phi) is 4.63. The minimum Gasteiger partial charge on any atom is -0.224 e. The fraction of sp³-hybridized carbons (Fsp3) is 0.500. The Morgan fingerprint density at radius 1 is 1.33 bits per heavy atom. The summed E-state index contributed by atoms with van der Waals surface area (Å²) in [6.07, 6.45) is 1.55. The molecule has 0 N–H and O–H groups in total. The van der Waals surface area contributed by atoms with Crippen molar-refractivity contribution in [2.75, 3.05) is 25.2 Å². The lowest BCUT2D eigenvalue weighted by molar-refractivity contribution is 0.458. The second-order valence-electron chi connectivity index (χ2n) is 5.04. The largest absolute Gasteiger partial charge is 0.246 e. The summed E-state index contributed by atoms with van der Waals surface area (Å²) in [5.41, 5.74) is 0. The van der Waals surface area contributed by atoms with Gasteiger partial charge < -0.3 is 0 Å². The molecule has 2 rings (SSSR count). The first-order chi connectivity index (χ1) is 9.66. The van der Waals surface area contributed by atoms with Gasteiger partial charge in [0, 0.05) is 25.2 Å². The van der Waals surface area contributed by atoms with Crippen LogP contribution < -0.4 is 0 Å². The van der Waals surface area contributed by atoms with Gasteiger partial charge in [0.25, 0.3) is 0 Å². The van der Waals surface area contributed by atoms with Crippen molar-refractivity contribution in [3.05, 3.63) is 24.0 Å². The van der Waals surface area contributed by atoms with E-state index in [4.69, 9.17) is 11.6 Å². The molecule has 1 aromatic carbocycles. The molecule has 9 heteroatoms. The first-order valence-corrected chi connectivity index (χ1v) is 10.1. The molecule has 1 aliphatic heterocycles. The third-order valence-electron chi connectivity index (χ3n) is 3.42. The van der Waals surface area contributed by atoms with E-state index in [-0.39, 0.29) is 23.9 Å². The van der Waals surface area contributed by atoms with Gasteiger partial charge in [-0.2, -0.15) is 4.31 Å². The van der Waals surface area contributed by atoms with Crippen LogP contribution in [0.25, 0.3) is 0 Å². The summed E-state index contributed by atoms with van der Waals surface area (Å²) in [6, 6.07) is 2.78. The Balaban J connectivity index is 2.45. The van der Waals surface area contributed by atoms with Crippen LogP contribution in [0.2, 0.25) is 0 Å². The number of hydrogen-bond donors (Lipinski definition) is 0. The lowest BCUT2D eigenvalue weighted by Gasteiger charge is -2.17. The summed E-state index contributed by atoms with van der Waals surface area (Å²) < 4.78 is 62.9. The maximum Gasteiger partial charge on any atom is 0.246 e. The molecule has 0 saturated carbocycles. The Labute approximate surface area is 128 Å². The third-order valence-corrected chi connectivity index (χ3v) is 6.84. The zero-order valence-corrected chi connectivity index (χ0v) is 13.7. The van der Waals surface area contributed by atoms with Gasteiger partial charge in [-0.3, -0.25) is 0 Å². The number of alkyl halides is 1. The van der Waals surface area contributed by atoms with Crippen molar-refractivity contribution in [2.45, 2.75) is 16.2 Å². The Morgan fingerprint density at radius 3 is 2.52 bits per heavy atom. The van der Waals surface area contributed by atoms with Crippen LogP contribution in [-0.4, -0.2) is 46.4 Å². The van der Waals surface area contributed by atoms with E-state index in [2.05, 4.69) is 0 Å². The fourth-order valence-corrected chi connectivity index (χ4v) is 4.79. The Bertz CT molecular complexity index is 749. The molecule has 1 unspecified atom stereocenters.